The number of methoxy groups -OCH3 is 1. The predicted molar refractivity (Wildman–Crippen MR) is 97.6 cm³/mol. The standard InChI is InChI=1S/C17H18ClFINO2/c1-10(6-12-4-5-14(18)15(19)7-12)23-11(2)13-9-21-17(22-3)8-16(13)20/h4-5,7-11H,6H2,1-3H3/t10-,11?/m1/s1. The largest absolute Gasteiger partial charge is 0.481 e. The summed E-state index contributed by atoms with van der Waals surface area (Å²) in [7, 11) is 1.59. The fourth-order valence-electron chi connectivity index (χ4n) is 2.30. The zero-order chi connectivity index (χ0) is 17.0. The number of pyridine rings is 1. The summed E-state index contributed by atoms with van der Waals surface area (Å²) in [5, 5.41) is 0.134. The number of hydrogen-bond acceptors (Lipinski definition) is 3. The minimum atomic E-state index is -0.404. The molecule has 1 aromatic heterocycles. The molecule has 0 aliphatic heterocycles. The van der Waals surface area contributed by atoms with Gasteiger partial charge in [-0.3, -0.25) is 0 Å². The number of halogens is 3. The molecule has 23 heavy (non-hydrogen) atoms. The van der Waals surface area contributed by atoms with E-state index in [4.69, 9.17) is 21.1 Å². The SMILES string of the molecule is COc1cc(I)c(C(C)O[C@H](C)Cc2ccc(Cl)c(F)c2)cn1. The lowest BCUT2D eigenvalue weighted by molar-refractivity contribution is 0.00702. The highest BCUT2D eigenvalue weighted by atomic mass is 127. The summed E-state index contributed by atoms with van der Waals surface area (Å²) in [6, 6.07) is 6.70. The molecule has 0 radical (unpaired) electrons. The highest BCUT2D eigenvalue weighted by molar-refractivity contribution is 14.1. The van der Waals surface area contributed by atoms with Gasteiger partial charge in [-0.25, -0.2) is 9.37 Å². The van der Waals surface area contributed by atoms with Crippen LogP contribution in [0.4, 0.5) is 4.39 Å². The van der Waals surface area contributed by atoms with E-state index in [0.29, 0.717) is 12.3 Å². The van der Waals surface area contributed by atoms with Crippen molar-refractivity contribution in [3.05, 3.63) is 56.0 Å². The molecule has 0 aliphatic carbocycles. The van der Waals surface area contributed by atoms with E-state index in [2.05, 4.69) is 27.6 Å². The third-order valence-corrected chi connectivity index (χ3v) is 4.69. The molecule has 6 heteroatoms. The monoisotopic (exact) mass is 449 g/mol. The smallest absolute Gasteiger partial charge is 0.213 e. The maximum absolute atomic E-state index is 13.5. The van der Waals surface area contributed by atoms with Crippen LogP contribution in [0.1, 0.15) is 31.1 Å². The molecule has 0 fully saturated rings. The molecule has 1 aromatic carbocycles. The third kappa shape index (κ3) is 5.02. The average molecular weight is 450 g/mol. The molecular weight excluding hydrogens is 432 g/mol. The first-order chi connectivity index (χ1) is 10.9. The van der Waals surface area contributed by atoms with Gasteiger partial charge in [-0.1, -0.05) is 17.7 Å². The van der Waals surface area contributed by atoms with Gasteiger partial charge < -0.3 is 9.47 Å². The van der Waals surface area contributed by atoms with Crippen LogP contribution in [0.5, 0.6) is 5.88 Å². The molecule has 1 heterocycles. The molecular formula is C17H18ClFINO2. The Morgan fingerprint density at radius 2 is 2.04 bits per heavy atom. The van der Waals surface area contributed by atoms with E-state index in [1.54, 1.807) is 19.4 Å². The Hall–Kier alpha value is -0.920. The molecule has 2 aromatic rings. The average Bonchev–Trinajstić information content (AvgIpc) is 2.50. The topological polar surface area (TPSA) is 31.4 Å². The fraction of sp³-hybridized carbons (Fsp3) is 0.353. The maximum Gasteiger partial charge on any atom is 0.213 e. The Morgan fingerprint density at radius 3 is 2.65 bits per heavy atom. The minimum absolute atomic E-state index is 0.0662. The van der Waals surface area contributed by atoms with Crippen molar-refractivity contribution < 1.29 is 13.9 Å². The number of nitrogens with zero attached hydrogens (tertiary/aromatic N) is 1. The molecule has 0 N–H and O–H groups in total. The van der Waals surface area contributed by atoms with Gasteiger partial charge in [0.25, 0.3) is 0 Å². The lowest BCUT2D eigenvalue weighted by Gasteiger charge is -2.20. The van der Waals surface area contributed by atoms with Crippen molar-refractivity contribution in [2.75, 3.05) is 7.11 Å². The van der Waals surface area contributed by atoms with E-state index in [0.717, 1.165) is 14.7 Å². The van der Waals surface area contributed by atoms with E-state index in [-0.39, 0.29) is 17.2 Å². The Kier molecular flexibility index (Phi) is 6.61. The van der Waals surface area contributed by atoms with Gasteiger partial charge >= 0.3 is 0 Å². The van der Waals surface area contributed by atoms with E-state index >= 15 is 0 Å². The van der Waals surface area contributed by atoms with Gasteiger partial charge in [-0.2, -0.15) is 0 Å². The zero-order valence-corrected chi connectivity index (χ0v) is 16.1. The Bertz CT molecular complexity index is 684. The lowest BCUT2D eigenvalue weighted by atomic mass is 10.1. The molecule has 2 rings (SSSR count). The molecule has 0 aliphatic rings. The van der Waals surface area contributed by atoms with Gasteiger partial charge in [0.05, 0.1) is 24.3 Å². The van der Waals surface area contributed by atoms with Crippen molar-refractivity contribution in [2.24, 2.45) is 0 Å². The van der Waals surface area contributed by atoms with Crippen molar-refractivity contribution in [2.45, 2.75) is 32.5 Å². The highest BCUT2D eigenvalue weighted by Gasteiger charge is 2.15. The molecule has 0 saturated carbocycles. The molecule has 2 atom stereocenters. The van der Waals surface area contributed by atoms with Crippen LogP contribution in [-0.2, 0) is 11.2 Å². The molecule has 0 amide bonds. The Balaban J connectivity index is 2.01. The minimum Gasteiger partial charge on any atom is -0.481 e. The first-order valence-corrected chi connectivity index (χ1v) is 8.65. The second-order valence-electron chi connectivity index (χ2n) is 5.29. The van der Waals surface area contributed by atoms with E-state index in [9.17, 15) is 4.39 Å². The quantitative estimate of drug-likeness (QED) is 0.568. The first kappa shape index (κ1) is 18.4. The van der Waals surface area contributed by atoms with Gasteiger partial charge in [-0.15, -0.1) is 0 Å². The van der Waals surface area contributed by atoms with Crippen molar-refractivity contribution in [1.82, 2.24) is 4.98 Å². The highest BCUT2D eigenvalue weighted by Crippen LogP contribution is 2.26. The van der Waals surface area contributed by atoms with Crippen LogP contribution in [-0.4, -0.2) is 18.2 Å². The Labute approximate surface area is 154 Å². The maximum atomic E-state index is 13.5. The zero-order valence-electron chi connectivity index (χ0n) is 13.1. The number of hydrogen-bond donors (Lipinski definition) is 0. The summed E-state index contributed by atoms with van der Waals surface area (Å²) in [4.78, 5) is 4.22. The van der Waals surface area contributed by atoms with Crippen molar-refractivity contribution in [3.8, 4) is 5.88 Å². The summed E-state index contributed by atoms with van der Waals surface area (Å²) >= 11 is 7.94. The van der Waals surface area contributed by atoms with Crippen molar-refractivity contribution in [3.63, 3.8) is 0 Å². The number of aromatic nitrogens is 1. The van der Waals surface area contributed by atoms with Crippen LogP contribution < -0.4 is 4.74 Å². The lowest BCUT2D eigenvalue weighted by Crippen LogP contribution is -2.15. The van der Waals surface area contributed by atoms with Crippen LogP contribution in [0.2, 0.25) is 5.02 Å². The normalized spacial score (nSPS) is 13.7. The number of benzene rings is 1. The Morgan fingerprint density at radius 1 is 1.30 bits per heavy atom. The van der Waals surface area contributed by atoms with Crippen LogP contribution >= 0.6 is 34.2 Å². The number of rotatable bonds is 6. The van der Waals surface area contributed by atoms with Crippen LogP contribution in [0.15, 0.2) is 30.5 Å². The second kappa shape index (κ2) is 8.26. The van der Waals surface area contributed by atoms with Crippen molar-refractivity contribution in [1.29, 1.82) is 0 Å². The van der Waals surface area contributed by atoms with Gasteiger partial charge in [0.2, 0.25) is 5.88 Å². The van der Waals surface area contributed by atoms with Gasteiger partial charge in [0, 0.05) is 21.4 Å². The summed E-state index contributed by atoms with van der Waals surface area (Å²) in [6.45, 7) is 3.94. The van der Waals surface area contributed by atoms with Crippen LogP contribution in [0.25, 0.3) is 0 Å². The molecule has 3 nitrogen and oxygen atoms in total. The van der Waals surface area contributed by atoms with E-state index in [1.165, 1.54) is 6.07 Å². The molecule has 1 unspecified atom stereocenters. The number of ether oxygens (including phenoxy) is 2. The third-order valence-electron chi connectivity index (χ3n) is 3.45. The van der Waals surface area contributed by atoms with Gasteiger partial charge in [-0.05, 0) is 60.6 Å². The molecule has 0 saturated heterocycles. The van der Waals surface area contributed by atoms with Crippen LogP contribution in [0.3, 0.4) is 0 Å². The molecule has 124 valence electrons. The first-order valence-electron chi connectivity index (χ1n) is 7.19. The van der Waals surface area contributed by atoms with Gasteiger partial charge in [0.1, 0.15) is 5.82 Å². The predicted octanol–water partition coefficient (Wildman–Crippen LogP) is 5.20. The second-order valence-corrected chi connectivity index (χ2v) is 6.86. The summed E-state index contributed by atoms with van der Waals surface area (Å²) in [6.07, 6.45) is 2.19. The fourth-order valence-corrected chi connectivity index (χ4v) is 3.26. The van der Waals surface area contributed by atoms with E-state index in [1.807, 2.05) is 26.0 Å². The summed E-state index contributed by atoms with van der Waals surface area (Å²) in [5.74, 6) is 0.174. The van der Waals surface area contributed by atoms with Crippen molar-refractivity contribution >= 4 is 34.2 Å². The summed E-state index contributed by atoms with van der Waals surface area (Å²) in [5.41, 5.74) is 1.86. The molecule has 0 spiro atoms. The molecule has 0 bridgehead atoms. The summed E-state index contributed by atoms with van der Waals surface area (Å²) < 4.78 is 25.7. The van der Waals surface area contributed by atoms with Gasteiger partial charge in [0.15, 0.2) is 0 Å². The van der Waals surface area contributed by atoms with E-state index < -0.39 is 5.82 Å². The van der Waals surface area contributed by atoms with Crippen LogP contribution in [0, 0.1) is 9.39 Å².